The minimum Gasteiger partial charge on any atom is -0.312 e. The van der Waals surface area contributed by atoms with Crippen LogP contribution in [0.4, 0.5) is 0 Å². The molecule has 0 spiro atoms. The minimum absolute atomic E-state index is 0.252. The van der Waals surface area contributed by atoms with Gasteiger partial charge in [-0.05, 0) is 46.3 Å². The summed E-state index contributed by atoms with van der Waals surface area (Å²) in [6.45, 7) is 17.4. The monoisotopic (exact) mass is 298 g/mol. The summed E-state index contributed by atoms with van der Waals surface area (Å²) in [6.07, 6.45) is 10.9. The second-order valence-corrected chi connectivity index (χ2v) is 6.89. The summed E-state index contributed by atoms with van der Waals surface area (Å²) in [5, 5.41) is 3.82. The number of hydrogen-bond acceptors (Lipinski definition) is 2. The van der Waals surface area contributed by atoms with Gasteiger partial charge in [-0.1, -0.05) is 66.2 Å². The van der Waals surface area contributed by atoms with Gasteiger partial charge in [0.05, 0.1) is 0 Å². The highest BCUT2D eigenvalue weighted by Gasteiger charge is 2.32. The van der Waals surface area contributed by atoms with Crippen LogP contribution >= 0.6 is 0 Å². The first-order valence-electron chi connectivity index (χ1n) is 9.52. The zero-order valence-electron chi connectivity index (χ0n) is 15.8. The first-order chi connectivity index (χ1) is 10.0. The van der Waals surface area contributed by atoms with Gasteiger partial charge in [0.2, 0.25) is 0 Å². The van der Waals surface area contributed by atoms with Crippen LogP contribution in [0, 0.1) is 0 Å². The Hall–Kier alpha value is -0.0800. The summed E-state index contributed by atoms with van der Waals surface area (Å²) >= 11 is 0. The molecule has 0 saturated carbocycles. The normalized spacial score (nSPS) is 13.9. The largest absolute Gasteiger partial charge is 0.312 e. The van der Waals surface area contributed by atoms with Crippen molar-refractivity contribution in [3.05, 3.63) is 0 Å². The average molecular weight is 299 g/mol. The van der Waals surface area contributed by atoms with Gasteiger partial charge in [-0.3, -0.25) is 4.90 Å². The molecule has 0 radical (unpaired) electrons. The van der Waals surface area contributed by atoms with Crippen LogP contribution in [0.5, 0.6) is 0 Å². The lowest BCUT2D eigenvalue weighted by molar-refractivity contribution is 0.0862. The van der Waals surface area contributed by atoms with E-state index < -0.39 is 0 Å². The molecule has 0 aliphatic heterocycles. The zero-order valence-corrected chi connectivity index (χ0v) is 15.8. The van der Waals surface area contributed by atoms with E-state index in [9.17, 15) is 0 Å². The molecule has 21 heavy (non-hydrogen) atoms. The third-order valence-electron chi connectivity index (χ3n) is 4.92. The highest BCUT2D eigenvalue weighted by Crippen LogP contribution is 2.23. The highest BCUT2D eigenvalue weighted by molar-refractivity contribution is 4.93. The minimum atomic E-state index is 0.252. The molecule has 0 aliphatic carbocycles. The van der Waals surface area contributed by atoms with Crippen LogP contribution in [0.15, 0.2) is 0 Å². The molecule has 0 aliphatic rings. The van der Waals surface area contributed by atoms with E-state index in [1.54, 1.807) is 0 Å². The molecule has 0 aromatic rings. The van der Waals surface area contributed by atoms with Crippen molar-refractivity contribution in [3.8, 4) is 0 Å². The van der Waals surface area contributed by atoms with E-state index in [2.05, 4.69) is 51.8 Å². The van der Waals surface area contributed by atoms with Gasteiger partial charge in [0.1, 0.15) is 0 Å². The second-order valence-electron chi connectivity index (χ2n) is 6.89. The van der Waals surface area contributed by atoms with E-state index in [4.69, 9.17) is 0 Å². The van der Waals surface area contributed by atoms with Crippen LogP contribution in [0.2, 0.25) is 0 Å². The maximum atomic E-state index is 3.82. The molecule has 0 heterocycles. The van der Waals surface area contributed by atoms with Crippen molar-refractivity contribution >= 4 is 0 Å². The van der Waals surface area contributed by atoms with Crippen molar-refractivity contribution in [3.63, 3.8) is 0 Å². The number of unbranched alkanes of at least 4 members (excludes halogenated alkanes) is 5. The third-order valence-corrected chi connectivity index (χ3v) is 4.92. The van der Waals surface area contributed by atoms with E-state index in [1.165, 1.54) is 51.4 Å². The molecule has 0 amide bonds. The molecule has 1 unspecified atom stereocenters. The fourth-order valence-corrected chi connectivity index (χ4v) is 3.41. The zero-order chi connectivity index (χ0) is 16.1. The van der Waals surface area contributed by atoms with E-state index >= 15 is 0 Å². The number of nitrogens with one attached hydrogen (secondary N) is 1. The van der Waals surface area contributed by atoms with Gasteiger partial charge in [0, 0.05) is 11.6 Å². The predicted octanol–water partition coefficient (Wildman–Crippen LogP) is 5.23. The summed E-state index contributed by atoms with van der Waals surface area (Å²) in [6, 6.07) is 0.614. The quantitative estimate of drug-likeness (QED) is 0.442. The number of nitrogens with zero attached hydrogens (tertiary/aromatic N) is 1. The van der Waals surface area contributed by atoms with E-state index in [0.29, 0.717) is 6.04 Å². The second kappa shape index (κ2) is 12.5. The van der Waals surface area contributed by atoms with E-state index in [1.807, 2.05) is 0 Å². The number of hydrogen-bond donors (Lipinski definition) is 1. The fourth-order valence-electron chi connectivity index (χ4n) is 3.41. The molecule has 0 aromatic carbocycles. The molecule has 0 rings (SSSR count). The third kappa shape index (κ3) is 8.21. The summed E-state index contributed by atoms with van der Waals surface area (Å²) in [4.78, 5) is 2.61. The summed E-state index contributed by atoms with van der Waals surface area (Å²) in [5.41, 5.74) is 0.252. The van der Waals surface area contributed by atoms with Crippen molar-refractivity contribution in [1.82, 2.24) is 10.2 Å². The van der Waals surface area contributed by atoms with Crippen LogP contribution in [0.1, 0.15) is 92.9 Å². The first kappa shape index (κ1) is 20.9. The standard InChI is InChI=1S/C19H42N2/c1-7-11-12-13-14-15-16-18(20-17-8-2)19(5,6)21(9-3)10-4/h18,20H,7-17H2,1-6H3. The van der Waals surface area contributed by atoms with Crippen molar-refractivity contribution < 1.29 is 0 Å². The van der Waals surface area contributed by atoms with Gasteiger partial charge in [0.25, 0.3) is 0 Å². The Morgan fingerprint density at radius 3 is 1.90 bits per heavy atom. The molecule has 0 fully saturated rings. The maximum Gasteiger partial charge on any atom is 0.0306 e. The van der Waals surface area contributed by atoms with Crippen LogP contribution in [-0.4, -0.2) is 36.1 Å². The molecule has 128 valence electrons. The molecule has 0 saturated heterocycles. The number of rotatable bonds is 14. The molecule has 0 aromatic heterocycles. The van der Waals surface area contributed by atoms with Crippen molar-refractivity contribution in [2.45, 2.75) is 104 Å². The summed E-state index contributed by atoms with van der Waals surface area (Å²) < 4.78 is 0. The Balaban J connectivity index is 4.35. The van der Waals surface area contributed by atoms with E-state index in [-0.39, 0.29) is 5.54 Å². The van der Waals surface area contributed by atoms with Crippen LogP contribution in [0.3, 0.4) is 0 Å². The van der Waals surface area contributed by atoms with Crippen LogP contribution in [-0.2, 0) is 0 Å². The summed E-state index contributed by atoms with van der Waals surface area (Å²) in [5.74, 6) is 0. The van der Waals surface area contributed by atoms with Crippen molar-refractivity contribution in [1.29, 1.82) is 0 Å². The maximum absolute atomic E-state index is 3.82. The van der Waals surface area contributed by atoms with Gasteiger partial charge in [-0.15, -0.1) is 0 Å². The first-order valence-corrected chi connectivity index (χ1v) is 9.52. The van der Waals surface area contributed by atoms with Gasteiger partial charge in [-0.25, -0.2) is 0 Å². The Morgan fingerprint density at radius 1 is 0.810 bits per heavy atom. The molecule has 2 nitrogen and oxygen atoms in total. The lowest BCUT2D eigenvalue weighted by Crippen LogP contribution is -2.57. The molecular weight excluding hydrogens is 256 g/mol. The smallest absolute Gasteiger partial charge is 0.0306 e. The molecule has 0 bridgehead atoms. The Bertz CT molecular complexity index is 222. The van der Waals surface area contributed by atoms with Crippen molar-refractivity contribution in [2.24, 2.45) is 0 Å². The molecule has 1 atom stereocenters. The van der Waals surface area contributed by atoms with Gasteiger partial charge >= 0.3 is 0 Å². The summed E-state index contributed by atoms with van der Waals surface area (Å²) in [7, 11) is 0. The average Bonchev–Trinajstić information content (AvgIpc) is 2.46. The van der Waals surface area contributed by atoms with Gasteiger partial charge in [-0.2, -0.15) is 0 Å². The topological polar surface area (TPSA) is 15.3 Å². The Kier molecular flexibility index (Phi) is 12.4. The number of likely N-dealkylation sites (N-methyl/N-ethyl adjacent to an activating group) is 1. The van der Waals surface area contributed by atoms with Crippen LogP contribution in [0.25, 0.3) is 0 Å². The fraction of sp³-hybridized carbons (Fsp3) is 1.00. The molecular formula is C19H42N2. The predicted molar refractivity (Wildman–Crippen MR) is 97.1 cm³/mol. The van der Waals surface area contributed by atoms with Gasteiger partial charge in [0.15, 0.2) is 0 Å². The van der Waals surface area contributed by atoms with Gasteiger partial charge < -0.3 is 5.32 Å². The highest BCUT2D eigenvalue weighted by atomic mass is 15.2. The van der Waals surface area contributed by atoms with E-state index in [0.717, 1.165) is 19.6 Å². The van der Waals surface area contributed by atoms with Crippen LogP contribution < -0.4 is 5.32 Å². The lowest BCUT2D eigenvalue weighted by atomic mass is 9.87. The van der Waals surface area contributed by atoms with Crippen molar-refractivity contribution in [2.75, 3.05) is 19.6 Å². The lowest BCUT2D eigenvalue weighted by Gasteiger charge is -2.44. The Labute approximate surface area is 135 Å². The Morgan fingerprint density at radius 2 is 1.38 bits per heavy atom. The molecule has 1 N–H and O–H groups in total. The SMILES string of the molecule is CCCCCCCCC(NCCC)C(C)(C)N(CC)CC. The molecule has 2 heteroatoms.